The summed E-state index contributed by atoms with van der Waals surface area (Å²) in [5.74, 6) is 0.0195. The largest absolute Gasteiger partial charge is 0.484 e. The van der Waals surface area contributed by atoms with Crippen molar-refractivity contribution in [3.8, 4) is 5.75 Å². The molecule has 0 saturated heterocycles. The molecule has 130 valence electrons. The van der Waals surface area contributed by atoms with Crippen LogP contribution in [0.4, 0.5) is 13.2 Å². The van der Waals surface area contributed by atoms with Crippen molar-refractivity contribution < 1.29 is 22.7 Å². The van der Waals surface area contributed by atoms with E-state index < -0.39 is 24.3 Å². The Morgan fingerprint density at radius 3 is 2.80 bits per heavy atom. The third-order valence-corrected chi connectivity index (χ3v) is 3.36. The summed E-state index contributed by atoms with van der Waals surface area (Å²) in [6.07, 6.45) is -2.70. The van der Waals surface area contributed by atoms with Crippen LogP contribution in [0, 0.1) is 0 Å². The second kappa shape index (κ2) is 6.80. The third-order valence-electron chi connectivity index (χ3n) is 3.36. The van der Waals surface area contributed by atoms with Crippen LogP contribution < -0.4 is 10.1 Å². The Balaban J connectivity index is 1.55. The van der Waals surface area contributed by atoms with Crippen LogP contribution in [-0.4, -0.2) is 27.1 Å². The number of nitrogens with one attached hydrogen (secondary N) is 1. The smallest absolute Gasteiger partial charge is 0.416 e. The van der Waals surface area contributed by atoms with Crippen molar-refractivity contribution in [2.45, 2.75) is 12.7 Å². The van der Waals surface area contributed by atoms with Gasteiger partial charge >= 0.3 is 6.18 Å². The monoisotopic (exact) mass is 350 g/mol. The van der Waals surface area contributed by atoms with Crippen molar-refractivity contribution in [1.29, 1.82) is 0 Å². The molecule has 0 bridgehead atoms. The van der Waals surface area contributed by atoms with Crippen LogP contribution in [0.15, 0.2) is 48.7 Å². The fraction of sp³-hybridized carbons (Fsp3) is 0.188. The van der Waals surface area contributed by atoms with E-state index in [9.17, 15) is 18.0 Å². The summed E-state index contributed by atoms with van der Waals surface area (Å²) in [6.45, 7) is -0.284. The number of ether oxygens (including phenoxy) is 1. The van der Waals surface area contributed by atoms with Gasteiger partial charge in [-0.2, -0.15) is 13.2 Å². The molecule has 0 spiro atoms. The van der Waals surface area contributed by atoms with Crippen LogP contribution in [0.2, 0.25) is 0 Å². The van der Waals surface area contributed by atoms with Gasteiger partial charge in [-0.25, -0.2) is 0 Å². The molecule has 0 fully saturated rings. The van der Waals surface area contributed by atoms with Gasteiger partial charge in [0.15, 0.2) is 18.1 Å². The molecule has 0 aliphatic carbocycles. The number of carbonyl (C=O) groups is 1. The van der Waals surface area contributed by atoms with E-state index in [0.717, 1.165) is 12.1 Å². The molecule has 1 amide bonds. The molecule has 0 aliphatic heterocycles. The SMILES string of the molecule is O=C(COc1cccc(C(F)(F)F)c1)NCc1nnc2ccccn12. The van der Waals surface area contributed by atoms with Crippen LogP contribution in [0.25, 0.3) is 5.65 Å². The van der Waals surface area contributed by atoms with Gasteiger partial charge in [0.1, 0.15) is 5.75 Å². The van der Waals surface area contributed by atoms with Gasteiger partial charge < -0.3 is 10.1 Å². The van der Waals surface area contributed by atoms with E-state index in [1.807, 2.05) is 6.07 Å². The number of fused-ring (bicyclic) bond motifs is 1. The number of rotatable bonds is 5. The lowest BCUT2D eigenvalue weighted by Crippen LogP contribution is -2.29. The first kappa shape index (κ1) is 16.7. The van der Waals surface area contributed by atoms with Gasteiger partial charge in [-0.3, -0.25) is 9.20 Å². The number of amides is 1. The third kappa shape index (κ3) is 4.06. The molecule has 0 atom stereocenters. The van der Waals surface area contributed by atoms with Crippen molar-refractivity contribution in [3.63, 3.8) is 0 Å². The molecule has 3 aromatic rings. The van der Waals surface area contributed by atoms with Crippen LogP contribution >= 0.6 is 0 Å². The number of aromatic nitrogens is 3. The van der Waals surface area contributed by atoms with Crippen LogP contribution in [0.5, 0.6) is 5.75 Å². The summed E-state index contributed by atoms with van der Waals surface area (Å²) in [5, 5.41) is 10.5. The Morgan fingerprint density at radius 1 is 1.16 bits per heavy atom. The van der Waals surface area contributed by atoms with Gasteiger partial charge in [0.2, 0.25) is 0 Å². The standard InChI is InChI=1S/C16H13F3N4O2/c17-16(18,19)11-4-3-5-12(8-11)25-10-15(24)20-9-14-22-21-13-6-1-2-7-23(13)14/h1-8H,9-10H2,(H,20,24). The van der Waals surface area contributed by atoms with Crippen LogP contribution in [0.3, 0.4) is 0 Å². The van der Waals surface area contributed by atoms with E-state index in [1.165, 1.54) is 12.1 Å². The molecule has 0 unspecified atom stereocenters. The Hall–Kier alpha value is -3.10. The van der Waals surface area contributed by atoms with E-state index in [0.29, 0.717) is 11.5 Å². The molecule has 0 saturated carbocycles. The van der Waals surface area contributed by atoms with Gasteiger partial charge in [-0.05, 0) is 30.3 Å². The molecule has 3 rings (SSSR count). The van der Waals surface area contributed by atoms with E-state index in [1.54, 1.807) is 22.7 Å². The fourth-order valence-corrected chi connectivity index (χ4v) is 2.15. The van der Waals surface area contributed by atoms with E-state index in [2.05, 4.69) is 15.5 Å². The first-order chi connectivity index (χ1) is 11.9. The molecule has 9 heteroatoms. The highest BCUT2D eigenvalue weighted by molar-refractivity contribution is 5.77. The molecular weight excluding hydrogens is 337 g/mol. The number of benzene rings is 1. The molecule has 2 aromatic heterocycles. The van der Waals surface area contributed by atoms with E-state index in [4.69, 9.17) is 4.74 Å². The maximum Gasteiger partial charge on any atom is 0.416 e. The second-order valence-corrected chi connectivity index (χ2v) is 5.14. The Morgan fingerprint density at radius 2 is 2.00 bits per heavy atom. The van der Waals surface area contributed by atoms with Crippen molar-refractivity contribution in [2.24, 2.45) is 0 Å². The zero-order valence-corrected chi connectivity index (χ0v) is 12.8. The van der Waals surface area contributed by atoms with Gasteiger partial charge in [-0.15, -0.1) is 10.2 Å². The van der Waals surface area contributed by atoms with Gasteiger partial charge in [0.05, 0.1) is 12.1 Å². The van der Waals surface area contributed by atoms with Gasteiger partial charge in [0, 0.05) is 6.20 Å². The summed E-state index contributed by atoms with van der Waals surface area (Å²) in [5.41, 5.74) is -0.188. The average Bonchev–Trinajstić information content (AvgIpc) is 3.01. The zero-order chi connectivity index (χ0) is 17.9. The molecule has 0 radical (unpaired) electrons. The topological polar surface area (TPSA) is 68.5 Å². The number of pyridine rings is 1. The minimum absolute atomic E-state index is 0.0297. The van der Waals surface area contributed by atoms with Gasteiger partial charge in [0.25, 0.3) is 5.91 Å². The van der Waals surface area contributed by atoms with E-state index >= 15 is 0 Å². The Bertz CT molecular complexity index is 892. The normalized spacial score (nSPS) is 11.5. The molecule has 1 N–H and O–H groups in total. The molecule has 6 nitrogen and oxygen atoms in total. The number of carbonyl (C=O) groups excluding carboxylic acids is 1. The summed E-state index contributed by atoms with van der Waals surface area (Å²) in [4.78, 5) is 11.8. The average molecular weight is 350 g/mol. The minimum Gasteiger partial charge on any atom is -0.484 e. The Kier molecular flexibility index (Phi) is 4.55. The number of hydrogen-bond donors (Lipinski definition) is 1. The maximum absolute atomic E-state index is 12.6. The van der Waals surface area contributed by atoms with Crippen molar-refractivity contribution >= 4 is 11.6 Å². The molecule has 0 aliphatic rings. The number of halogens is 3. The van der Waals surface area contributed by atoms with Crippen molar-refractivity contribution in [1.82, 2.24) is 19.9 Å². The fourth-order valence-electron chi connectivity index (χ4n) is 2.15. The lowest BCUT2D eigenvalue weighted by Gasteiger charge is -2.10. The molecular formula is C16H13F3N4O2. The van der Waals surface area contributed by atoms with Crippen LogP contribution in [0.1, 0.15) is 11.4 Å². The number of nitrogens with zero attached hydrogens (tertiary/aromatic N) is 3. The van der Waals surface area contributed by atoms with Crippen molar-refractivity contribution in [3.05, 3.63) is 60.0 Å². The molecule has 2 heterocycles. The summed E-state index contributed by atoms with van der Waals surface area (Å²) >= 11 is 0. The Labute approximate surface area is 140 Å². The summed E-state index contributed by atoms with van der Waals surface area (Å²) < 4.78 is 44.7. The lowest BCUT2D eigenvalue weighted by atomic mass is 10.2. The van der Waals surface area contributed by atoms with Crippen LogP contribution in [-0.2, 0) is 17.5 Å². The predicted molar refractivity (Wildman–Crippen MR) is 81.8 cm³/mol. The quantitative estimate of drug-likeness (QED) is 0.767. The first-order valence-electron chi connectivity index (χ1n) is 7.29. The molecule has 1 aromatic carbocycles. The van der Waals surface area contributed by atoms with Gasteiger partial charge in [-0.1, -0.05) is 12.1 Å². The maximum atomic E-state index is 12.6. The predicted octanol–water partition coefficient (Wildman–Crippen LogP) is 2.44. The highest BCUT2D eigenvalue weighted by Gasteiger charge is 2.30. The summed E-state index contributed by atoms with van der Waals surface area (Å²) in [6, 6.07) is 9.75. The highest BCUT2D eigenvalue weighted by atomic mass is 19.4. The second-order valence-electron chi connectivity index (χ2n) is 5.14. The number of alkyl halides is 3. The summed E-state index contributed by atoms with van der Waals surface area (Å²) in [7, 11) is 0. The molecule has 25 heavy (non-hydrogen) atoms. The highest BCUT2D eigenvalue weighted by Crippen LogP contribution is 2.31. The minimum atomic E-state index is -4.46. The zero-order valence-electron chi connectivity index (χ0n) is 12.8. The van der Waals surface area contributed by atoms with E-state index in [-0.39, 0.29) is 12.3 Å². The first-order valence-corrected chi connectivity index (χ1v) is 7.29. The van der Waals surface area contributed by atoms with Crippen molar-refractivity contribution in [2.75, 3.05) is 6.61 Å². The number of hydrogen-bond acceptors (Lipinski definition) is 4. The lowest BCUT2D eigenvalue weighted by molar-refractivity contribution is -0.137.